The van der Waals surface area contributed by atoms with E-state index in [1.807, 2.05) is 39.0 Å². The molecule has 1 aliphatic rings. The number of ether oxygens (including phenoxy) is 1. The number of carbonyl (C=O) groups is 1. The highest BCUT2D eigenvalue weighted by Gasteiger charge is 2.27. The molecular formula is C16H22N2O3. The number of nitrogens with zero attached hydrogens (tertiary/aromatic N) is 2. The molecule has 1 aromatic carbocycles. The summed E-state index contributed by atoms with van der Waals surface area (Å²) in [6, 6.07) is 5.34. The molecule has 114 valence electrons. The van der Waals surface area contributed by atoms with Gasteiger partial charge in [-0.05, 0) is 57.7 Å². The van der Waals surface area contributed by atoms with E-state index in [1.165, 1.54) is 0 Å². The van der Waals surface area contributed by atoms with Crippen LogP contribution in [0.4, 0.5) is 10.5 Å². The summed E-state index contributed by atoms with van der Waals surface area (Å²) in [6.07, 6.45) is 1.46. The molecule has 5 heteroatoms. The van der Waals surface area contributed by atoms with Crippen LogP contribution in [-0.4, -0.2) is 18.2 Å². The Kier molecular flexibility index (Phi) is 4.30. The van der Waals surface area contributed by atoms with E-state index in [-0.39, 0.29) is 12.1 Å². The van der Waals surface area contributed by atoms with E-state index in [2.05, 4.69) is 5.18 Å². The number of aryl methyl sites for hydroxylation is 1. The van der Waals surface area contributed by atoms with E-state index in [9.17, 15) is 9.70 Å². The Morgan fingerprint density at radius 1 is 1.38 bits per heavy atom. The minimum absolute atomic E-state index is 0.322. The van der Waals surface area contributed by atoms with Gasteiger partial charge in [0.25, 0.3) is 0 Å². The lowest BCUT2D eigenvalue weighted by atomic mass is 9.97. The second kappa shape index (κ2) is 5.84. The zero-order valence-corrected chi connectivity index (χ0v) is 13.0. The zero-order chi connectivity index (χ0) is 15.6. The highest BCUT2D eigenvalue weighted by atomic mass is 16.6. The fourth-order valence-corrected chi connectivity index (χ4v) is 2.44. The molecule has 1 aliphatic heterocycles. The van der Waals surface area contributed by atoms with Crippen LogP contribution in [0.1, 0.15) is 51.3 Å². The first-order valence-corrected chi connectivity index (χ1v) is 7.27. The summed E-state index contributed by atoms with van der Waals surface area (Å²) < 4.78 is 5.45. The van der Waals surface area contributed by atoms with Crippen molar-refractivity contribution in [2.45, 2.75) is 52.2 Å². The molecule has 0 saturated heterocycles. The maximum absolute atomic E-state index is 12.3. The first-order chi connectivity index (χ1) is 9.81. The lowest BCUT2D eigenvalue weighted by Crippen LogP contribution is -2.39. The Labute approximate surface area is 125 Å². The molecule has 5 nitrogen and oxygen atoms in total. The number of benzene rings is 1. The second-order valence-electron chi connectivity index (χ2n) is 6.41. The van der Waals surface area contributed by atoms with Crippen LogP contribution in [0.3, 0.4) is 0 Å². The standard InChI is InChI=1S/C16H22N2O3/c1-11(17-20)12-7-8-14-13(10-12)6-5-9-18(14)15(19)21-16(2,3)4/h7-8,10-11H,5-6,9H2,1-4H3. The third kappa shape index (κ3) is 3.60. The van der Waals surface area contributed by atoms with Gasteiger partial charge in [0.1, 0.15) is 11.6 Å². The number of hydrogen-bond donors (Lipinski definition) is 0. The summed E-state index contributed by atoms with van der Waals surface area (Å²) in [7, 11) is 0. The molecule has 1 atom stereocenters. The van der Waals surface area contributed by atoms with Gasteiger partial charge < -0.3 is 4.74 Å². The van der Waals surface area contributed by atoms with Gasteiger partial charge in [0, 0.05) is 6.54 Å². The van der Waals surface area contributed by atoms with Crippen LogP contribution in [0.15, 0.2) is 23.4 Å². The van der Waals surface area contributed by atoms with Crippen molar-refractivity contribution in [3.63, 3.8) is 0 Å². The molecule has 0 bridgehead atoms. The smallest absolute Gasteiger partial charge is 0.414 e. The van der Waals surface area contributed by atoms with Gasteiger partial charge in [0.05, 0.1) is 5.69 Å². The van der Waals surface area contributed by atoms with Gasteiger partial charge in [-0.2, -0.15) is 4.91 Å². The maximum atomic E-state index is 12.3. The SMILES string of the molecule is CC(N=O)c1ccc2c(c1)CCCN2C(=O)OC(C)(C)C. The van der Waals surface area contributed by atoms with Gasteiger partial charge in [0.2, 0.25) is 0 Å². The van der Waals surface area contributed by atoms with Crippen LogP contribution >= 0.6 is 0 Å². The molecule has 0 spiro atoms. The highest BCUT2D eigenvalue weighted by Crippen LogP contribution is 2.31. The Morgan fingerprint density at radius 2 is 2.10 bits per heavy atom. The first kappa shape index (κ1) is 15.5. The molecule has 21 heavy (non-hydrogen) atoms. The molecule has 0 aromatic heterocycles. The summed E-state index contributed by atoms with van der Waals surface area (Å²) in [5.74, 6) is 0. The van der Waals surface area contributed by atoms with Gasteiger partial charge in [-0.1, -0.05) is 17.3 Å². The van der Waals surface area contributed by atoms with Crippen LogP contribution in [0.5, 0.6) is 0 Å². The van der Waals surface area contributed by atoms with Gasteiger partial charge in [0.15, 0.2) is 0 Å². The third-order valence-electron chi connectivity index (χ3n) is 3.48. The van der Waals surface area contributed by atoms with E-state index in [0.717, 1.165) is 29.7 Å². The van der Waals surface area contributed by atoms with Crippen LogP contribution in [0.2, 0.25) is 0 Å². The van der Waals surface area contributed by atoms with Gasteiger partial charge >= 0.3 is 6.09 Å². The maximum Gasteiger partial charge on any atom is 0.414 e. The third-order valence-corrected chi connectivity index (χ3v) is 3.48. The molecule has 0 N–H and O–H groups in total. The molecule has 0 radical (unpaired) electrons. The van der Waals surface area contributed by atoms with Crippen LogP contribution < -0.4 is 4.90 Å². The largest absolute Gasteiger partial charge is 0.443 e. The lowest BCUT2D eigenvalue weighted by molar-refractivity contribution is 0.0578. The van der Waals surface area contributed by atoms with Crippen molar-refractivity contribution in [1.82, 2.24) is 0 Å². The van der Waals surface area contributed by atoms with Crippen molar-refractivity contribution in [2.75, 3.05) is 11.4 Å². The van der Waals surface area contributed by atoms with Gasteiger partial charge in [-0.15, -0.1) is 0 Å². The number of nitroso groups, excluding NO2 is 1. The van der Waals surface area contributed by atoms with Gasteiger partial charge in [-0.25, -0.2) is 4.79 Å². The molecule has 1 aromatic rings. The summed E-state index contributed by atoms with van der Waals surface area (Å²) in [5, 5.41) is 3.05. The Morgan fingerprint density at radius 3 is 2.71 bits per heavy atom. The van der Waals surface area contributed by atoms with E-state index >= 15 is 0 Å². The number of amides is 1. The second-order valence-corrected chi connectivity index (χ2v) is 6.41. The van der Waals surface area contributed by atoms with Crippen molar-refractivity contribution in [2.24, 2.45) is 5.18 Å². The van der Waals surface area contributed by atoms with E-state index in [0.29, 0.717) is 6.54 Å². The number of rotatable bonds is 2. The first-order valence-electron chi connectivity index (χ1n) is 7.27. The van der Waals surface area contributed by atoms with E-state index in [4.69, 9.17) is 4.74 Å². The number of fused-ring (bicyclic) bond motifs is 1. The molecule has 0 aliphatic carbocycles. The van der Waals surface area contributed by atoms with Gasteiger partial charge in [-0.3, -0.25) is 4.90 Å². The zero-order valence-electron chi connectivity index (χ0n) is 13.0. The van der Waals surface area contributed by atoms with Crippen molar-refractivity contribution in [1.29, 1.82) is 0 Å². The predicted molar refractivity (Wildman–Crippen MR) is 82.6 cm³/mol. The van der Waals surface area contributed by atoms with E-state index in [1.54, 1.807) is 11.8 Å². The molecule has 0 fully saturated rings. The van der Waals surface area contributed by atoms with Crippen LogP contribution in [0.25, 0.3) is 0 Å². The Bertz CT molecular complexity index is 549. The molecule has 0 saturated carbocycles. The predicted octanol–water partition coefficient (Wildman–Crippen LogP) is 4.20. The fraction of sp³-hybridized carbons (Fsp3) is 0.562. The number of anilines is 1. The average molecular weight is 290 g/mol. The van der Waals surface area contributed by atoms with Crippen LogP contribution in [0, 0.1) is 4.91 Å². The van der Waals surface area contributed by atoms with E-state index < -0.39 is 5.60 Å². The number of carbonyl (C=O) groups excluding carboxylic acids is 1. The summed E-state index contributed by atoms with van der Waals surface area (Å²) in [5.41, 5.74) is 2.32. The summed E-state index contributed by atoms with van der Waals surface area (Å²) >= 11 is 0. The highest BCUT2D eigenvalue weighted by molar-refractivity contribution is 5.89. The molecule has 1 unspecified atom stereocenters. The van der Waals surface area contributed by atoms with Crippen LogP contribution in [-0.2, 0) is 11.2 Å². The number of hydrogen-bond acceptors (Lipinski definition) is 4. The normalized spacial score (nSPS) is 16.1. The quantitative estimate of drug-likeness (QED) is 0.767. The molecular weight excluding hydrogens is 268 g/mol. The summed E-state index contributed by atoms with van der Waals surface area (Å²) in [4.78, 5) is 24.6. The van der Waals surface area contributed by atoms with Crippen molar-refractivity contribution < 1.29 is 9.53 Å². The Balaban J connectivity index is 2.27. The summed E-state index contributed by atoms with van der Waals surface area (Å²) in [6.45, 7) is 7.99. The fourth-order valence-electron chi connectivity index (χ4n) is 2.44. The Hall–Kier alpha value is -1.91. The molecule has 1 heterocycles. The minimum atomic E-state index is -0.509. The lowest BCUT2D eigenvalue weighted by Gasteiger charge is -2.32. The minimum Gasteiger partial charge on any atom is -0.443 e. The topological polar surface area (TPSA) is 59.0 Å². The molecule has 1 amide bonds. The van der Waals surface area contributed by atoms with Crippen molar-refractivity contribution >= 4 is 11.8 Å². The van der Waals surface area contributed by atoms with Crippen molar-refractivity contribution in [3.8, 4) is 0 Å². The monoisotopic (exact) mass is 290 g/mol. The molecule has 2 rings (SSSR count). The van der Waals surface area contributed by atoms with Crippen molar-refractivity contribution in [3.05, 3.63) is 34.2 Å². The average Bonchev–Trinajstić information content (AvgIpc) is 2.43.